The second-order valence-corrected chi connectivity index (χ2v) is 7.12. The highest BCUT2D eigenvalue weighted by Gasteiger charge is 2.14. The zero-order chi connectivity index (χ0) is 22.2. The van der Waals surface area contributed by atoms with E-state index in [-0.39, 0.29) is 5.57 Å². The fraction of sp³-hybridized carbons (Fsp3) is 0.120. The van der Waals surface area contributed by atoms with Crippen LogP contribution in [-0.4, -0.2) is 13.0 Å². The average molecular weight is 433 g/mol. The van der Waals surface area contributed by atoms with E-state index in [2.05, 4.69) is 5.32 Å². The van der Waals surface area contributed by atoms with Crippen molar-refractivity contribution in [3.63, 3.8) is 0 Å². The molecule has 3 rings (SSSR count). The molecule has 3 aromatic rings. The third-order valence-corrected chi connectivity index (χ3v) is 5.05. The average Bonchev–Trinajstić information content (AvgIpc) is 2.80. The molecular formula is C25H21ClN2O3. The topological polar surface area (TPSA) is 71.3 Å². The number of nitrogens with zero attached hydrogens (tertiary/aromatic N) is 1. The molecule has 5 nitrogen and oxygen atoms in total. The normalized spacial score (nSPS) is 10.8. The minimum absolute atomic E-state index is 0.0610. The molecule has 0 saturated heterocycles. The van der Waals surface area contributed by atoms with Gasteiger partial charge in [-0.25, -0.2) is 0 Å². The molecule has 0 saturated carbocycles. The molecule has 156 valence electrons. The highest BCUT2D eigenvalue weighted by Crippen LogP contribution is 2.28. The fourth-order valence-corrected chi connectivity index (χ4v) is 3.03. The van der Waals surface area contributed by atoms with Gasteiger partial charge < -0.3 is 14.8 Å². The van der Waals surface area contributed by atoms with Crippen LogP contribution in [0.1, 0.15) is 16.7 Å². The first-order chi connectivity index (χ1) is 15.0. The maximum absolute atomic E-state index is 12.7. The predicted molar refractivity (Wildman–Crippen MR) is 122 cm³/mol. The predicted octanol–water partition coefficient (Wildman–Crippen LogP) is 5.78. The van der Waals surface area contributed by atoms with Crippen molar-refractivity contribution in [2.75, 3.05) is 12.4 Å². The maximum Gasteiger partial charge on any atom is 0.266 e. The number of methoxy groups -OCH3 is 1. The number of nitrogens with one attached hydrogen (secondary N) is 1. The molecular weight excluding hydrogens is 412 g/mol. The van der Waals surface area contributed by atoms with Crippen LogP contribution in [0.5, 0.6) is 11.5 Å². The Balaban J connectivity index is 1.87. The zero-order valence-electron chi connectivity index (χ0n) is 17.2. The van der Waals surface area contributed by atoms with Crippen molar-refractivity contribution in [1.82, 2.24) is 0 Å². The Morgan fingerprint density at radius 1 is 1.13 bits per heavy atom. The fourth-order valence-electron chi connectivity index (χ4n) is 2.86. The summed E-state index contributed by atoms with van der Waals surface area (Å²) < 4.78 is 11.2. The standard InChI is InChI=1S/C25H21ClN2O3/c1-17-22(26)9-6-10-23(17)28-25(29)20(15-27)13-19-11-12-21(30-2)14-24(19)31-16-18-7-4-3-5-8-18/h3-14H,16H2,1-2H3,(H,28,29)/b20-13+. The molecule has 0 unspecified atom stereocenters. The molecule has 0 heterocycles. The number of ether oxygens (including phenoxy) is 2. The van der Waals surface area contributed by atoms with Gasteiger partial charge in [-0.1, -0.05) is 48.0 Å². The molecule has 0 aliphatic carbocycles. The molecule has 1 amide bonds. The van der Waals surface area contributed by atoms with Gasteiger partial charge >= 0.3 is 0 Å². The lowest BCUT2D eigenvalue weighted by molar-refractivity contribution is -0.112. The number of hydrogen-bond acceptors (Lipinski definition) is 4. The summed E-state index contributed by atoms with van der Waals surface area (Å²) in [6.45, 7) is 2.14. The van der Waals surface area contributed by atoms with Crippen LogP contribution in [0.4, 0.5) is 5.69 Å². The molecule has 3 aromatic carbocycles. The van der Waals surface area contributed by atoms with E-state index in [1.165, 1.54) is 6.08 Å². The van der Waals surface area contributed by atoms with E-state index in [1.807, 2.05) is 36.4 Å². The number of hydrogen-bond donors (Lipinski definition) is 1. The second-order valence-electron chi connectivity index (χ2n) is 6.71. The summed E-state index contributed by atoms with van der Waals surface area (Å²) in [5, 5.41) is 12.9. The van der Waals surface area contributed by atoms with Gasteiger partial charge in [0.1, 0.15) is 29.7 Å². The third kappa shape index (κ3) is 5.65. The minimum atomic E-state index is -0.530. The summed E-state index contributed by atoms with van der Waals surface area (Å²) in [6.07, 6.45) is 1.50. The van der Waals surface area contributed by atoms with Crippen molar-refractivity contribution in [3.8, 4) is 17.6 Å². The van der Waals surface area contributed by atoms with Gasteiger partial charge in [-0.15, -0.1) is 0 Å². The van der Waals surface area contributed by atoms with Crippen molar-refractivity contribution in [2.45, 2.75) is 13.5 Å². The Kier molecular flexibility index (Phi) is 7.31. The van der Waals surface area contributed by atoms with Crippen LogP contribution in [0.2, 0.25) is 5.02 Å². The number of anilines is 1. The van der Waals surface area contributed by atoms with E-state index in [4.69, 9.17) is 21.1 Å². The number of nitriles is 1. The largest absolute Gasteiger partial charge is 0.497 e. The van der Waals surface area contributed by atoms with E-state index in [0.29, 0.717) is 34.4 Å². The second kappa shape index (κ2) is 10.3. The van der Waals surface area contributed by atoms with Crippen molar-refractivity contribution in [3.05, 3.63) is 94.0 Å². The van der Waals surface area contributed by atoms with Gasteiger partial charge in [-0.3, -0.25) is 4.79 Å². The van der Waals surface area contributed by atoms with Crippen LogP contribution < -0.4 is 14.8 Å². The summed E-state index contributed by atoms with van der Waals surface area (Å²) >= 11 is 6.12. The Bertz CT molecular complexity index is 1150. The highest BCUT2D eigenvalue weighted by molar-refractivity contribution is 6.31. The summed E-state index contributed by atoms with van der Waals surface area (Å²) in [5.74, 6) is 0.582. The van der Waals surface area contributed by atoms with Gasteiger partial charge in [-0.05, 0) is 48.4 Å². The minimum Gasteiger partial charge on any atom is -0.497 e. The van der Waals surface area contributed by atoms with Gasteiger partial charge in [-0.2, -0.15) is 5.26 Å². The molecule has 0 aliphatic heterocycles. The lowest BCUT2D eigenvalue weighted by atomic mass is 10.1. The summed E-state index contributed by atoms with van der Waals surface area (Å²) in [5.41, 5.74) is 2.80. The van der Waals surface area contributed by atoms with Crippen molar-refractivity contribution in [2.24, 2.45) is 0 Å². The molecule has 1 N–H and O–H groups in total. The summed E-state index contributed by atoms with van der Waals surface area (Å²) in [4.78, 5) is 12.7. The van der Waals surface area contributed by atoms with E-state index in [1.54, 1.807) is 50.4 Å². The van der Waals surface area contributed by atoms with Crippen LogP contribution in [0.3, 0.4) is 0 Å². The Morgan fingerprint density at radius 3 is 2.61 bits per heavy atom. The van der Waals surface area contributed by atoms with E-state index >= 15 is 0 Å². The van der Waals surface area contributed by atoms with E-state index in [0.717, 1.165) is 11.1 Å². The first-order valence-corrected chi connectivity index (χ1v) is 9.92. The number of halogens is 1. The number of rotatable bonds is 7. The zero-order valence-corrected chi connectivity index (χ0v) is 17.9. The lowest BCUT2D eigenvalue weighted by Gasteiger charge is -2.12. The van der Waals surface area contributed by atoms with Gasteiger partial charge in [0.2, 0.25) is 0 Å². The summed E-state index contributed by atoms with van der Waals surface area (Å²) in [6, 6.07) is 22.1. The van der Waals surface area contributed by atoms with Crippen molar-refractivity contribution < 1.29 is 14.3 Å². The number of amides is 1. The molecule has 0 aromatic heterocycles. The molecule has 0 aliphatic rings. The summed E-state index contributed by atoms with van der Waals surface area (Å²) in [7, 11) is 1.56. The highest BCUT2D eigenvalue weighted by atomic mass is 35.5. The number of carbonyl (C=O) groups excluding carboxylic acids is 1. The first kappa shape index (κ1) is 21.9. The van der Waals surface area contributed by atoms with Crippen LogP contribution in [-0.2, 0) is 11.4 Å². The van der Waals surface area contributed by atoms with Crippen LogP contribution in [0.15, 0.2) is 72.3 Å². The smallest absolute Gasteiger partial charge is 0.266 e. The number of benzene rings is 3. The molecule has 6 heteroatoms. The number of carbonyl (C=O) groups is 1. The molecule has 0 bridgehead atoms. The first-order valence-electron chi connectivity index (χ1n) is 9.55. The van der Waals surface area contributed by atoms with Crippen LogP contribution >= 0.6 is 11.6 Å². The Labute approximate surface area is 186 Å². The third-order valence-electron chi connectivity index (χ3n) is 4.64. The van der Waals surface area contributed by atoms with E-state index in [9.17, 15) is 10.1 Å². The molecule has 0 fully saturated rings. The van der Waals surface area contributed by atoms with Gasteiger partial charge in [0.25, 0.3) is 5.91 Å². The Hall–Kier alpha value is -3.75. The molecule has 0 spiro atoms. The van der Waals surface area contributed by atoms with Crippen LogP contribution in [0.25, 0.3) is 6.08 Å². The SMILES string of the molecule is COc1ccc(/C=C(\C#N)C(=O)Nc2cccc(Cl)c2C)c(OCc2ccccc2)c1. The van der Waals surface area contributed by atoms with Gasteiger partial charge in [0.05, 0.1) is 7.11 Å². The molecule has 0 radical (unpaired) electrons. The van der Waals surface area contributed by atoms with E-state index < -0.39 is 5.91 Å². The Morgan fingerprint density at radius 2 is 1.90 bits per heavy atom. The molecule has 0 atom stereocenters. The molecule has 31 heavy (non-hydrogen) atoms. The van der Waals surface area contributed by atoms with Crippen molar-refractivity contribution >= 4 is 29.3 Å². The maximum atomic E-state index is 12.7. The van der Waals surface area contributed by atoms with Crippen molar-refractivity contribution in [1.29, 1.82) is 5.26 Å². The van der Waals surface area contributed by atoms with Gasteiger partial charge in [0, 0.05) is 22.3 Å². The monoisotopic (exact) mass is 432 g/mol. The van der Waals surface area contributed by atoms with Gasteiger partial charge in [0.15, 0.2) is 0 Å². The van der Waals surface area contributed by atoms with Crippen LogP contribution in [0, 0.1) is 18.3 Å². The quantitative estimate of drug-likeness (QED) is 0.379. The lowest BCUT2D eigenvalue weighted by Crippen LogP contribution is -2.14.